The van der Waals surface area contributed by atoms with E-state index < -0.39 is 10.9 Å². The highest BCUT2D eigenvalue weighted by Crippen LogP contribution is 2.14. The van der Waals surface area contributed by atoms with Crippen molar-refractivity contribution >= 4 is 16.9 Å². The summed E-state index contributed by atoms with van der Waals surface area (Å²) < 4.78 is 0. The molecule has 4 nitrogen and oxygen atoms in total. The van der Waals surface area contributed by atoms with Gasteiger partial charge < -0.3 is 11.1 Å². The summed E-state index contributed by atoms with van der Waals surface area (Å²) in [5.41, 5.74) is 6.26. The Bertz CT molecular complexity index is 622. The zero-order valence-electron chi connectivity index (χ0n) is 9.19. The molecule has 0 atom stereocenters. The summed E-state index contributed by atoms with van der Waals surface area (Å²) in [6.07, 6.45) is 0. The molecule has 0 aliphatic carbocycles. The van der Waals surface area contributed by atoms with E-state index >= 15 is 0 Å². The van der Waals surface area contributed by atoms with Gasteiger partial charge in [-0.2, -0.15) is 0 Å². The van der Waals surface area contributed by atoms with Crippen molar-refractivity contribution < 1.29 is 0 Å². The minimum absolute atomic E-state index is 0.0101. The molecule has 0 aliphatic heterocycles. The van der Waals surface area contributed by atoms with Crippen LogP contribution in [0.15, 0.2) is 46.5 Å². The van der Waals surface area contributed by atoms with Gasteiger partial charge in [0.15, 0.2) is 0 Å². The fourth-order valence-electron chi connectivity index (χ4n) is 1.56. The second-order valence-electron chi connectivity index (χ2n) is 3.77. The number of hydrogen-bond donors (Lipinski definition) is 2. The summed E-state index contributed by atoms with van der Waals surface area (Å²) in [5.74, 6) is 0. The third-order valence-electron chi connectivity index (χ3n) is 2.61. The van der Waals surface area contributed by atoms with Crippen molar-refractivity contribution in [1.82, 2.24) is 0 Å². The van der Waals surface area contributed by atoms with E-state index in [2.05, 4.69) is 11.9 Å². The molecule has 4 heteroatoms. The van der Waals surface area contributed by atoms with E-state index in [4.69, 9.17) is 5.73 Å². The molecule has 0 spiro atoms. The molecular weight excluding hydrogens is 216 g/mol. The molecule has 0 aromatic heterocycles. The van der Waals surface area contributed by atoms with Crippen molar-refractivity contribution in [3.05, 3.63) is 62.9 Å². The first kappa shape index (κ1) is 11.1. The van der Waals surface area contributed by atoms with Crippen LogP contribution in [0.4, 0.5) is 11.4 Å². The molecule has 2 aromatic rings. The first-order chi connectivity index (χ1) is 8.11. The van der Waals surface area contributed by atoms with E-state index in [-0.39, 0.29) is 11.4 Å². The van der Waals surface area contributed by atoms with Crippen LogP contribution in [0.1, 0.15) is 5.56 Å². The van der Waals surface area contributed by atoms with Crippen molar-refractivity contribution in [3.63, 3.8) is 0 Å². The molecule has 86 valence electrons. The van der Waals surface area contributed by atoms with Crippen molar-refractivity contribution in [2.45, 2.75) is 0 Å². The van der Waals surface area contributed by atoms with Crippen LogP contribution in [-0.4, -0.2) is 6.54 Å². The van der Waals surface area contributed by atoms with Crippen LogP contribution >= 0.6 is 0 Å². The van der Waals surface area contributed by atoms with Crippen molar-refractivity contribution in [1.29, 1.82) is 0 Å². The van der Waals surface area contributed by atoms with E-state index in [0.29, 0.717) is 6.54 Å². The van der Waals surface area contributed by atoms with Crippen LogP contribution in [0.25, 0.3) is 5.57 Å². The van der Waals surface area contributed by atoms with Crippen molar-refractivity contribution in [2.75, 3.05) is 17.6 Å². The van der Waals surface area contributed by atoms with Crippen molar-refractivity contribution in [3.8, 4) is 0 Å². The van der Waals surface area contributed by atoms with Gasteiger partial charge in [0.25, 0.3) is 10.9 Å². The normalized spacial score (nSPS) is 10.4. The first-order valence-electron chi connectivity index (χ1n) is 5.17. The summed E-state index contributed by atoms with van der Waals surface area (Å²) >= 11 is 0. The van der Waals surface area contributed by atoms with Crippen molar-refractivity contribution in [2.24, 2.45) is 0 Å². The standard InChI is InChI=1S/C13H12N2O2/c1-8(9-5-3-2-4-6-9)7-15-11-10(14)12(16)13(11)17/h2-6,15H,1,7,14H2. The molecule has 0 aliphatic rings. The van der Waals surface area contributed by atoms with Gasteiger partial charge in [-0.25, -0.2) is 0 Å². The van der Waals surface area contributed by atoms with Gasteiger partial charge in [-0.3, -0.25) is 9.59 Å². The average molecular weight is 228 g/mol. The van der Waals surface area contributed by atoms with Crippen LogP contribution in [0, 0.1) is 0 Å². The monoisotopic (exact) mass is 228 g/mol. The van der Waals surface area contributed by atoms with Gasteiger partial charge in [-0.05, 0) is 11.1 Å². The van der Waals surface area contributed by atoms with Gasteiger partial charge in [-0.1, -0.05) is 36.9 Å². The Morgan fingerprint density at radius 2 is 1.82 bits per heavy atom. The fourth-order valence-corrected chi connectivity index (χ4v) is 1.56. The highest BCUT2D eigenvalue weighted by Gasteiger charge is 2.17. The topological polar surface area (TPSA) is 72.2 Å². The number of nitrogen functional groups attached to an aromatic ring is 1. The van der Waals surface area contributed by atoms with Gasteiger partial charge in [-0.15, -0.1) is 0 Å². The molecule has 0 bridgehead atoms. The number of hydrogen-bond acceptors (Lipinski definition) is 4. The average Bonchev–Trinajstić information content (AvgIpc) is 2.39. The van der Waals surface area contributed by atoms with Crippen LogP contribution < -0.4 is 21.9 Å². The number of benzene rings is 1. The Kier molecular flexibility index (Phi) is 2.78. The van der Waals surface area contributed by atoms with E-state index in [1.165, 1.54) is 0 Å². The van der Waals surface area contributed by atoms with Gasteiger partial charge >= 0.3 is 0 Å². The lowest BCUT2D eigenvalue weighted by atomic mass is 10.1. The van der Waals surface area contributed by atoms with E-state index in [1.54, 1.807) is 0 Å². The predicted molar refractivity (Wildman–Crippen MR) is 69.7 cm³/mol. The lowest BCUT2D eigenvalue weighted by Gasteiger charge is -2.11. The zero-order chi connectivity index (χ0) is 12.4. The minimum Gasteiger partial charge on any atom is -0.394 e. The Hall–Kier alpha value is -2.36. The highest BCUT2D eigenvalue weighted by molar-refractivity contribution is 5.75. The van der Waals surface area contributed by atoms with E-state index in [1.807, 2.05) is 30.3 Å². The Morgan fingerprint density at radius 3 is 2.41 bits per heavy atom. The largest absolute Gasteiger partial charge is 0.394 e. The van der Waals surface area contributed by atoms with Gasteiger partial charge in [0.1, 0.15) is 11.4 Å². The Labute approximate surface area is 98.1 Å². The second-order valence-corrected chi connectivity index (χ2v) is 3.77. The molecule has 0 saturated heterocycles. The lowest BCUT2D eigenvalue weighted by Crippen LogP contribution is -2.37. The Balaban J connectivity index is 2.03. The molecule has 0 unspecified atom stereocenters. The molecule has 0 amide bonds. The Morgan fingerprint density at radius 1 is 1.18 bits per heavy atom. The third kappa shape index (κ3) is 1.97. The summed E-state index contributed by atoms with van der Waals surface area (Å²) in [5, 5.41) is 2.83. The van der Waals surface area contributed by atoms with Gasteiger partial charge in [0.2, 0.25) is 0 Å². The molecular formula is C13H12N2O2. The third-order valence-corrected chi connectivity index (χ3v) is 2.61. The number of nitrogens with two attached hydrogens (primary N) is 1. The molecule has 2 rings (SSSR count). The molecule has 3 N–H and O–H groups in total. The van der Waals surface area contributed by atoms with Crippen LogP contribution in [0.5, 0.6) is 0 Å². The summed E-state index contributed by atoms with van der Waals surface area (Å²) in [4.78, 5) is 22.0. The lowest BCUT2D eigenvalue weighted by molar-refractivity contribution is 1.28. The smallest absolute Gasteiger partial charge is 0.253 e. The van der Waals surface area contributed by atoms with E-state index in [0.717, 1.165) is 11.1 Å². The van der Waals surface area contributed by atoms with Crippen LogP contribution in [0.2, 0.25) is 0 Å². The van der Waals surface area contributed by atoms with Crippen LogP contribution in [-0.2, 0) is 0 Å². The molecule has 17 heavy (non-hydrogen) atoms. The quantitative estimate of drug-likeness (QED) is 0.765. The number of anilines is 2. The molecule has 0 saturated carbocycles. The maximum absolute atomic E-state index is 11.1. The molecule has 2 aromatic carbocycles. The fraction of sp³-hybridized carbons (Fsp3) is 0.0769. The maximum Gasteiger partial charge on any atom is 0.253 e. The van der Waals surface area contributed by atoms with E-state index in [9.17, 15) is 9.59 Å². The maximum atomic E-state index is 11.1. The number of rotatable bonds is 4. The predicted octanol–water partition coefficient (Wildman–Crippen LogP) is 0.990. The minimum atomic E-state index is -0.613. The molecule has 0 heterocycles. The first-order valence-corrected chi connectivity index (χ1v) is 5.17. The van der Waals surface area contributed by atoms with Crippen LogP contribution in [0.3, 0.4) is 0 Å². The SMILES string of the molecule is C=C(CNc1c(N)c(=O)c1=O)c1ccccc1. The van der Waals surface area contributed by atoms with Gasteiger partial charge in [0, 0.05) is 6.54 Å². The summed E-state index contributed by atoms with van der Waals surface area (Å²) in [6.45, 7) is 4.29. The highest BCUT2D eigenvalue weighted by atomic mass is 16.2. The second kappa shape index (κ2) is 4.25. The molecule has 0 radical (unpaired) electrons. The zero-order valence-corrected chi connectivity index (χ0v) is 9.19. The summed E-state index contributed by atoms with van der Waals surface area (Å²) in [7, 11) is 0. The number of nitrogens with one attached hydrogen (secondary N) is 1. The summed E-state index contributed by atoms with van der Waals surface area (Å²) in [6, 6.07) is 9.59. The van der Waals surface area contributed by atoms with Gasteiger partial charge in [0.05, 0.1) is 0 Å². The molecule has 0 fully saturated rings.